The van der Waals surface area contributed by atoms with E-state index in [1.54, 1.807) is 104 Å². The van der Waals surface area contributed by atoms with E-state index in [0.717, 1.165) is 20.8 Å². The van der Waals surface area contributed by atoms with Crippen LogP contribution in [0.5, 0.6) is 5.75 Å². The third-order valence-corrected chi connectivity index (χ3v) is 16.3. The second-order valence-corrected chi connectivity index (χ2v) is 26.4. The summed E-state index contributed by atoms with van der Waals surface area (Å²) in [5, 5.41) is 12.7. The van der Waals surface area contributed by atoms with Crippen molar-refractivity contribution in [2.75, 3.05) is 78.4 Å². The van der Waals surface area contributed by atoms with Crippen molar-refractivity contribution in [1.82, 2.24) is 35.7 Å². The molecule has 2 aromatic carbocycles. The molecule has 0 saturated carbocycles. The first-order valence-electron chi connectivity index (χ1n) is 26.4. The Bertz CT molecular complexity index is 2810. The lowest BCUT2D eigenvalue weighted by Gasteiger charge is -2.37. The molecular weight excluding hydrogens is 1040 g/mol. The fraction of sp³-hybridized carbons (Fsp3) is 0.618. The van der Waals surface area contributed by atoms with Gasteiger partial charge in [0, 0.05) is 54.7 Å². The van der Waals surface area contributed by atoms with E-state index in [0.29, 0.717) is 16.6 Å². The fourth-order valence-corrected chi connectivity index (χ4v) is 9.95. The van der Waals surface area contributed by atoms with Gasteiger partial charge in [0.15, 0.2) is 9.84 Å². The largest absolute Gasteiger partial charge is 0.490 e. The number of ether oxygens (including phenoxy) is 6. The summed E-state index contributed by atoms with van der Waals surface area (Å²) in [6.45, 7) is 24.2. The van der Waals surface area contributed by atoms with Gasteiger partial charge >= 0.3 is 6.09 Å². The molecule has 3 heterocycles. The van der Waals surface area contributed by atoms with Gasteiger partial charge in [-0.3, -0.25) is 29.1 Å². The topological polar surface area (TPSA) is 255 Å². The van der Waals surface area contributed by atoms with Crippen LogP contribution in [0.2, 0.25) is 0 Å². The molecule has 21 nitrogen and oxygen atoms in total. The molecule has 1 saturated heterocycles. The lowest BCUT2D eigenvalue weighted by Crippen LogP contribution is -2.60. The Labute approximate surface area is 463 Å². The molecule has 1 aliphatic heterocycles. The van der Waals surface area contributed by atoms with Crippen LogP contribution in [0.4, 0.5) is 16.2 Å². The van der Waals surface area contributed by atoms with Gasteiger partial charge in [0.25, 0.3) is 0 Å². The number of sulfone groups is 1. The maximum atomic E-state index is 14.4. The highest BCUT2D eigenvalue weighted by Crippen LogP contribution is 2.38. The number of hydrogen-bond donors (Lipinski definition) is 4. The number of amides is 5. The molecule has 0 aliphatic carbocycles. The number of fused-ring (bicyclic) bond motifs is 2. The van der Waals surface area contributed by atoms with E-state index in [1.165, 1.54) is 18.9 Å². The number of thiazole rings is 1. The Morgan fingerprint density at radius 3 is 2.03 bits per heavy atom. The Balaban J connectivity index is 1.03. The highest BCUT2D eigenvalue weighted by molar-refractivity contribution is 7.92. The van der Waals surface area contributed by atoms with Crippen molar-refractivity contribution in [3.8, 4) is 5.75 Å². The molecule has 78 heavy (non-hydrogen) atoms. The number of benzene rings is 2. The number of carbonyl (C=O) groups excluding carboxylic acids is 5. The first kappa shape index (κ1) is 63.1. The predicted molar refractivity (Wildman–Crippen MR) is 300 cm³/mol. The van der Waals surface area contributed by atoms with Crippen molar-refractivity contribution in [1.29, 1.82) is 0 Å². The SMILES string of the molecule is CC(C)[C@@H](C)NC(=O)[C@@H]1CC(NC(=O)COCCOCCOCCOCCOc2cc3nccc(Nc4ccc5scnc5c4)c3cc2S(=O)(=O)C(C)(C)C)CN1C(=O)[C@@H](NC(=O)[C@H](C)N(C)C(=O)OC(C)(C)C)C(C)(C)C. The van der Waals surface area contributed by atoms with Crippen LogP contribution in [-0.2, 0) is 52.7 Å². The normalized spacial score (nSPS) is 16.4. The molecule has 1 aliphatic rings. The van der Waals surface area contributed by atoms with Crippen LogP contribution < -0.4 is 26.0 Å². The molecule has 4 N–H and O–H groups in total. The number of likely N-dealkylation sites (tertiary alicyclic amines) is 1. The van der Waals surface area contributed by atoms with E-state index in [2.05, 4.69) is 31.2 Å². The van der Waals surface area contributed by atoms with Crippen molar-refractivity contribution < 1.29 is 60.8 Å². The first-order chi connectivity index (χ1) is 36.5. The number of rotatable bonds is 26. The summed E-state index contributed by atoms with van der Waals surface area (Å²) in [5.74, 6) is -1.59. The van der Waals surface area contributed by atoms with Crippen molar-refractivity contribution in [2.45, 2.75) is 142 Å². The first-order valence-corrected chi connectivity index (χ1v) is 28.7. The van der Waals surface area contributed by atoms with Crippen LogP contribution in [0.3, 0.4) is 0 Å². The zero-order valence-electron chi connectivity index (χ0n) is 47.8. The van der Waals surface area contributed by atoms with E-state index in [4.69, 9.17) is 28.4 Å². The molecule has 5 atom stereocenters. The number of pyridine rings is 1. The van der Waals surface area contributed by atoms with Gasteiger partial charge in [0.2, 0.25) is 23.6 Å². The van der Waals surface area contributed by atoms with Crippen LogP contribution in [0.25, 0.3) is 21.1 Å². The predicted octanol–water partition coefficient (Wildman–Crippen LogP) is 6.64. The Hall–Kier alpha value is -5.72. The number of nitrogens with zero attached hydrogens (tertiary/aromatic N) is 4. The number of anilines is 2. The van der Waals surface area contributed by atoms with E-state index < -0.39 is 73.6 Å². The van der Waals surface area contributed by atoms with Gasteiger partial charge in [0.05, 0.1) is 72.2 Å². The van der Waals surface area contributed by atoms with Gasteiger partial charge in [-0.2, -0.15) is 0 Å². The molecule has 0 bridgehead atoms. The smallest absolute Gasteiger partial charge is 0.410 e. The minimum atomic E-state index is -3.84. The minimum Gasteiger partial charge on any atom is -0.490 e. The third kappa shape index (κ3) is 17.6. The average molecular weight is 1130 g/mol. The highest BCUT2D eigenvalue weighted by Gasteiger charge is 2.46. The van der Waals surface area contributed by atoms with Gasteiger partial charge < -0.3 is 54.6 Å². The molecule has 0 spiro atoms. The second-order valence-electron chi connectivity index (χ2n) is 22.8. The van der Waals surface area contributed by atoms with E-state index in [9.17, 15) is 32.4 Å². The summed E-state index contributed by atoms with van der Waals surface area (Å²) in [4.78, 5) is 79.2. The van der Waals surface area contributed by atoms with Gasteiger partial charge in [-0.15, -0.1) is 11.3 Å². The fourth-order valence-electron chi connectivity index (χ4n) is 7.98. The standard InChI is InChI=1S/C55H82N8O13S2/c1-34(2)35(3)58-50(66)43-28-38(31-63(43)51(67)48(53(5,6)7)61-49(65)36(4)62(14)52(68)76-54(8,9)10)60-47(64)32-74-24-23-72-20-19-71-21-22-73-25-26-75-44-30-41-39(29-46(44)78(69,70)55(11,12)13)40(17-18-56-41)59-37-15-16-45-42(27-37)57-33-77-45/h15-18,27,29-30,33-36,38,43,48H,19-26,28,31-32H2,1-14H3,(H,56,59)(H,58,66)(H,60,64)(H,61,65)/t35-,36+,38?,43+,48-/m1/s1. The Morgan fingerprint density at radius 1 is 0.795 bits per heavy atom. The van der Waals surface area contributed by atoms with Crippen molar-refractivity contribution in [3.63, 3.8) is 0 Å². The minimum absolute atomic E-state index is 0.0116. The van der Waals surface area contributed by atoms with Crippen LogP contribution in [0.1, 0.15) is 96.4 Å². The summed E-state index contributed by atoms with van der Waals surface area (Å²) in [5.41, 5.74) is 3.10. The van der Waals surface area contributed by atoms with Crippen molar-refractivity contribution >= 4 is 83.4 Å². The Morgan fingerprint density at radius 2 is 1.42 bits per heavy atom. The van der Waals surface area contributed by atoms with E-state index >= 15 is 0 Å². The van der Waals surface area contributed by atoms with Crippen LogP contribution in [-0.4, -0.2) is 172 Å². The number of hydrogen-bond acceptors (Lipinski definition) is 17. The molecule has 1 fully saturated rings. The molecule has 432 valence electrons. The quantitative estimate of drug-likeness (QED) is 0.0481. The molecule has 4 aromatic rings. The second kappa shape index (κ2) is 27.4. The number of nitrogens with one attached hydrogen (secondary N) is 4. The zero-order chi connectivity index (χ0) is 57.8. The van der Waals surface area contributed by atoms with Gasteiger partial charge in [-0.1, -0.05) is 34.6 Å². The van der Waals surface area contributed by atoms with Crippen molar-refractivity contribution in [2.24, 2.45) is 11.3 Å². The molecule has 2 aromatic heterocycles. The molecule has 23 heteroatoms. The molecular formula is C55H82N8O13S2. The molecule has 5 amide bonds. The zero-order valence-corrected chi connectivity index (χ0v) is 49.4. The van der Waals surface area contributed by atoms with Crippen LogP contribution in [0.15, 0.2) is 53.0 Å². The lowest BCUT2D eigenvalue weighted by molar-refractivity contribution is -0.144. The third-order valence-electron chi connectivity index (χ3n) is 13.0. The maximum absolute atomic E-state index is 14.4. The molecule has 1 unspecified atom stereocenters. The lowest BCUT2D eigenvalue weighted by atomic mass is 9.85. The van der Waals surface area contributed by atoms with Crippen LogP contribution in [0, 0.1) is 11.3 Å². The van der Waals surface area contributed by atoms with Gasteiger partial charge in [-0.25, -0.2) is 18.2 Å². The average Bonchev–Trinajstić information content (AvgIpc) is 4.12. The summed E-state index contributed by atoms with van der Waals surface area (Å²) in [7, 11) is -2.40. The van der Waals surface area contributed by atoms with E-state index in [-0.39, 0.29) is 101 Å². The van der Waals surface area contributed by atoms with Crippen LogP contribution >= 0.6 is 11.3 Å². The van der Waals surface area contributed by atoms with Gasteiger partial charge in [-0.05, 0) is 103 Å². The monoisotopic (exact) mass is 1130 g/mol. The summed E-state index contributed by atoms with van der Waals surface area (Å²) in [6.07, 6.45) is 1.09. The highest BCUT2D eigenvalue weighted by atomic mass is 32.2. The Kier molecular flexibility index (Phi) is 22.2. The van der Waals surface area contributed by atoms with Gasteiger partial charge in [0.1, 0.15) is 47.6 Å². The summed E-state index contributed by atoms with van der Waals surface area (Å²) in [6, 6.07) is 7.13. The summed E-state index contributed by atoms with van der Waals surface area (Å²) < 4.78 is 61.7. The molecule has 0 radical (unpaired) electrons. The van der Waals surface area contributed by atoms with Crippen molar-refractivity contribution in [3.05, 3.63) is 48.1 Å². The number of likely N-dealkylation sites (N-methyl/N-ethyl adjacent to an activating group) is 1. The van der Waals surface area contributed by atoms with E-state index in [1.807, 2.05) is 39.0 Å². The number of aromatic nitrogens is 2. The maximum Gasteiger partial charge on any atom is 0.410 e. The number of carbonyl (C=O) groups is 5. The summed E-state index contributed by atoms with van der Waals surface area (Å²) >= 11 is 1.55. The molecule has 5 rings (SSSR count).